The minimum Gasteiger partial charge on any atom is -0.394 e. The first-order valence-electron chi connectivity index (χ1n) is 4.90. The van der Waals surface area contributed by atoms with Crippen LogP contribution in [0, 0.1) is 5.82 Å². The smallest absolute Gasteiger partial charge is 0.230 e. The van der Waals surface area contributed by atoms with Crippen LogP contribution in [0.1, 0.15) is 6.92 Å². The number of hydrogen-bond acceptors (Lipinski definition) is 3. The zero-order valence-corrected chi connectivity index (χ0v) is 9.76. The van der Waals surface area contributed by atoms with Gasteiger partial charge in [-0.05, 0) is 31.2 Å². The third kappa shape index (κ3) is 4.63. The number of aliphatic hydroxyl groups is 1. The van der Waals surface area contributed by atoms with Crippen molar-refractivity contribution in [2.24, 2.45) is 0 Å². The van der Waals surface area contributed by atoms with Crippen LogP contribution in [-0.4, -0.2) is 29.4 Å². The van der Waals surface area contributed by atoms with E-state index in [0.717, 1.165) is 4.90 Å². The van der Waals surface area contributed by atoms with Gasteiger partial charge in [-0.1, -0.05) is 0 Å². The normalized spacial score (nSPS) is 12.2. The largest absolute Gasteiger partial charge is 0.394 e. The topological polar surface area (TPSA) is 49.3 Å². The molecule has 0 aromatic heterocycles. The lowest BCUT2D eigenvalue weighted by Crippen LogP contribution is -2.36. The van der Waals surface area contributed by atoms with E-state index >= 15 is 0 Å². The highest BCUT2D eigenvalue weighted by atomic mass is 32.2. The molecule has 1 aromatic carbocycles. The first-order valence-corrected chi connectivity index (χ1v) is 5.89. The second-order valence-corrected chi connectivity index (χ2v) is 4.44. The van der Waals surface area contributed by atoms with E-state index < -0.39 is 0 Å². The first-order chi connectivity index (χ1) is 7.61. The molecule has 0 unspecified atom stereocenters. The Balaban J connectivity index is 2.34. The molecule has 2 N–H and O–H groups in total. The van der Waals surface area contributed by atoms with Crippen LogP contribution in [0.25, 0.3) is 0 Å². The van der Waals surface area contributed by atoms with E-state index in [4.69, 9.17) is 5.11 Å². The number of rotatable bonds is 5. The van der Waals surface area contributed by atoms with E-state index in [1.807, 2.05) is 0 Å². The Morgan fingerprint density at radius 2 is 2.12 bits per heavy atom. The second-order valence-electron chi connectivity index (χ2n) is 3.39. The summed E-state index contributed by atoms with van der Waals surface area (Å²) in [6.07, 6.45) is 0. The first kappa shape index (κ1) is 13.0. The molecular weight excluding hydrogens is 229 g/mol. The molecule has 88 valence electrons. The van der Waals surface area contributed by atoms with Crippen LogP contribution in [0.3, 0.4) is 0 Å². The van der Waals surface area contributed by atoms with E-state index in [9.17, 15) is 9.18 Å². The lowest BCUT2D eigenvalue weighted by atomic mass is 10.3. The predicted molar refractivity (Wildman–Crippen MR) is 61.8 cm³/mol. The van der Waals surface area contributed by atoms with Crippen molar-refractivity contribution in [1.82, 2.24) is 5.32 Å². The van der Waals surface area contributed by atoms with Gasteiger partial charge in [0.25, 0.3) is 0 Å². The van der Waals surface area contributed by atoms with Gasteiger partial charge in [0.05, 0.1) is 12.4 Å². The van der Waals surface area contributed by atoms with Gasteiger partial charge in [-0.25, -0.2) is 4.39 Å². The summed E-state index contributed by atoms with van der Waals surface area (Å²) >= 11 is 1.33. The summed E-state index contributed by atoms with van der Waals surface area (Å²) in [6.45, 7) is 1.65. The van der Waals surface area contributed by atoms with E-state index in [-0.39, 0.29) is 30.1 Å². The molecule has 0 aliphatic carbocycles. The number of amides is 1. The zero-order valence-electron chi connectivity index (χ0n) is 8.94. The average molecular weight is 243 g/mol. The van der Waals surface area contributed by atoms with Gasteiger partial charge in [0.15, 0.2) is 0 Å². The van der Waals surface area contributed by atoms with Crippen molar-refractivity contribution in [2.75, 3.05) is 12.4 Å². The van der Waals surface area contributed by atoms with Gasteiger partial charge < -0.3 is 10.4 Å². The summed E-state index contributed by atoms with van der Waals surface area (Å²) < 4.78 is 12.6. The van der Waals surface area contributed by atoms with Crippen LogP contribution in [-0.2, 0) is 4.79 Å². The molecule has 1 atom stereocenters. The van der Waals surface area contributed by atoms with Crippen LogP contribution >= 0.6 is 11.8 Å². The third-order valence-electron chi connectivity index (χ3n) is 1.86. The molecule has 0 spiro atoms. The maximum Gasteiger partial charge on any atom is 0.230 e. The number of halogens is 1. The van der Waals surface area contributed by atoms with Crippen molar-refractivity contribution in [3.8, 4) is 0 Å². The molecule has 0 heterocycles. The van der Waals surface area contributed by atoms with Crippen molar-refractivity contribution >= 4 is 17.7 Å². The van der Waals surface area contributed by atoms with Gasteiger partial charge in [0.1, 0.15) is 5.82 Å². The van der Waals surface area contributed by atoms with Crippen LogP contribution in [0.2, 0.25) is 0 Å². The fourth-order valence-electron chi connectivity index (χ4n) is 1.04. The molecule has 3 nitrogen and oxygen atoms in total. The van der Waals surface area contributed by atoms with Crippen LogP contribution in [0.15, 0.2) is 29.2 Å². The van der Waals surface area contributed by atoms with Crippen LogP contribution in [0.4, 0.5) is 4.39 Å². The Labute approximate surface area is 98.1 Å². The molecule has 1 amide bonds. The zero-order chi connectivity index (χ0) is 12.0. The number of thioether (sulfide) groups is 1. The highest BCUT2D eigenvalue weighted by Gasteiger charge is 2.06. The minimum absolute atomic E-state index is 0.0764. The van der Waals surface area contributed by atoms with E-state index in [1.165, 1.54) is 23.9 Å². The third-order valence-corrected chi connectivity index (χ3v) is 2.88. The van der Waals surface area contributed by atoms with Gasteiger partial charge in [0.2, 0.25) is 5.91 Å². The van der Waals surface area contributed by atoms with Crippen LogP contribution < -0.4 is 5.32 Å². The van der Waals surface area contributed by atoms with Crippen molar-refractivity contribution in [3.63, 3.8) is 0 Å². The Kier molecular flexibility index (Phi) is 5.28. The monoisotopic (exact) mass is 243 g/mol. The molecule has 1 aromatic rings. The molecule has 16 heavy (non-hydrogen) atoms. The van der Waals surface area contributed by atoms with Gasteiger partial charge in [-0.2, -0.15) is 0 Å². The van der Waals surface area contributed by atoms with Gasteiger partial charge in [0, 0.05) is 10.9 Å². The molecule has 5 heteroatoms. The highest BCUT2D eigenvalue weighted by molar-refractivity contribution is 8.00. The van der Waals surface area contributed by atoms with E-state index in [0.29, 0.717) is 0 Å². The maximum atomic E-state index is 12.6. The average Bonchev–Trinajstić information content (AvgIpc) is 2.28. The Hall–Kier alpha value is -1.07. The summed E-state index contributed by atoms with van der Waals surface area (Å²) in [5.41, 5.74) is 0. The summed E-state index contributed by atoms with van der Waals surface area (Å²) in [7, 11) is 0. The fraction of sp³-hybridized carbons (Fsp3) is 0.364. The van der Waals surface area contributed by atoms with Gasteiger partial charge in [-0.3, -0.25) is 4.79 Å². The van der Waals surface area contributed by atoms with Gasteiger partial charge >= 0.3 is 0 Å². The molecule has 0 saturated carbocycles. The molecule has 0 bridgehead atoms. The standard InChI is InChI=1S/C11H14FNO2S/c1-8(6-14)13-11(15)7-16-10-4-2-9(12)3-5-10/h2-5,8,14H,6-7H2,1H3,(H,13,15)/t8-/m1/s1. The summed E-state index contributed by atoms with van der Waals surface area (Å²) in [4.78, 5) is 12.2. The van der Waals surface area contributed by atoms with Crippen molar-refractivity contribution in [3.05, 3.63) is 30.1 Å². The van der Waals surface area contributed by atoms with Crippen molar-refractivity contribution in [1.29, 1.82) is 0 Å². The number of carbonyl (C=O) groups excluding carboxylic acids is 1. The maximum absolute atomic E-state index is 12.6. The molecule has 0 radical (unpaired) electrons. The summed E-state index contributed by atoms with van der Waals surface area (Å²) in [5, 5.41) is 11.4. The second kappa shape index (κ2) is 6.50. The minimum atomic E-state index is -0.289. The number of carbonyl (C=O) groups is 1. The van der Waals surface area contributed by atoms with Gasteiger partial charge in [-0.15, -0.1) is 11.8 Å². The van der Waals surface area contributed by atoms with E-state index in [1.54, 1.807) is 19.1 Å². The Bertz CT molecular complexity index is 342. The number of hydrogen-bond donors (Lipinski definition) is 2. The summed E-state index contributed by atoms with van der Waals surface area (Å²) in [6, 6.07) is 5.74. The van der Waals surface area contributed by atoms with Crippen molar-refractivity contribution < 1.29 is 14.3 Å². The Morgan fingerprint density at radius 3 is 2.69 bits per heavy atom. The van der Waals surface area contributed by atoms with Crippen LogP contribution in [0.5, 0.6) is 0 Å². The molecule has 0 aliphatic heterocycles. The fourth-order valence-corrected chi connectivity index (χ4v) is 1.75. The SMILES string of the molecule is C[C@H](CO)NC(=O)CSc1ccc(F)cc1. The molecule has 0 saturated heterocycles. The quantitative estimate of drug-likeness (QED) is 0.769. The predicted octanol–water partition coefficient (Wildman–Crippen LogP) is 1.41. The molecule has 0 fully saturated rings. The lowest BCUT2D eigenvalue weighted by molar-refractivity contribution is -0.119. The number of benzene rings is 1. The van der Waals surface area contributed by atoms with Crippen molar-refractivity contribution in [2.45, 2.75) is 17.9 Å². The van der Waals surface area contributed by atoms with E-state index in [2.05, 4.69) is 5.32 Å². The number of aliphatic hydroxyl groups excluding tert-OH is 1. The molecule has 1 rings (SSSR count). The number of nitrogens with one attached hydrogen (secondary N) is 1. The highest BCUT2D eigenvalue weighted by Crippen LogP contribution is 2.17. The lowest BCUT2D eigenvalue weighted by Gasteiger charge is -2.10. The Morgan fingerprint density at radius 1 is 1.50 bits per heavy atom. The molecular formula is C11H14FNO2S. The summed E-state index contributed by atoms with van der Waals surface area (Å²) in [5.74, 6) is -0.172. The molecule has 0 aliphatic rings.